The van der Waals surface area contributed by atoms with E-state index in [0.29, 0.717) is 10.0 Å². The van der Waals surface area contributed by atoms with E-state index < -0.39 is 6.35 Å². The highest BCUT2D eigenvalue weighted by Gasteiger charge is 2.11. The molecule has 2 unspecified atom stereocenters. The van der Waals surface area contributed by atoms with Gasteiger partial charge in [0.1, 0.15) is 0 Å². The lowest BCUT2D eigenvalue weighted by molar-refractivity contribution is -1.09. The van der Waals surface area contributed by atoms with Crippen LogP contribution < -0.4 is 10.0 Å². The Balaban J connectivity index is 3.68. The molecule has 56 valence electrons. The summed E-state index contributed by atoms with van der Waals surface area (Å²) >= 11 is 0. The lowest BCUT2D eigenvalue weighted by Gasteiger charge is -2.30. The number of nitrogens with one attached hydrogen (secondary N) is 4. The third-order valence-electron chi connectivity index (χ3n) is 1.02. The highest BCUT2D eigenvalue weighted by molar-refractivity contribution is 4.13. The van der Waals surface area contributed by atoms with Crippen LogP contribution in [0.15, 0.2) is 0 Å². The van der Waals surface area contributed by atoms with Crippen molar-refractivity contribution < 1.29 is 14.8 Å². The van der Waals surface area contributed by atoms with Crippen molar-refractivity contribution in [3.05, 3.63) is 11.7 Å². The average molecular weight is 134 g/mol. The molecule has 4 N–H and O–H groups in total. The van der Waals surface area contributed by atoms with Crippen molar-refractivity contribution in [3.63, 3.8) is 0 Å². The fourth-order valence-corrected chi connectivity index (χ4v) is 0.678. The Morgan fingerprint density at radius 3 is 1.56 bits per heavy atom. The summed E-state index contributed by atoms with van der Waals surface area (Å²) in [5.74, 6) is 14.2. The molecule has 0 aliphatic heterocycles. The molecule has 0 rings (SSSR count). The Labute approximate surface area is 55.1 Å². The largest absolute Gasteiger partial charge is 0.463 e. The standard InChI is InChI=1S/C4H14N4O/c1-7(5)4(9-3)8(2)6/h4-8H,1-3H3. The molecule has 0 amide bonds. The van der Waals surface area contributed by atoms with Crippen LogP contribution in [-0.4, -0.2) is 27.6 Å². The molecular formula is C4H14N4O. The predicted octanol–water partition coefficient (Wildman–Crippen LogP) is -2.12. The van der Waals surface area contributed by atoms with Gasteiger partial charge in [-0.1, -0.05) is 0 Å². The summed E-state index contributed by atoms with van der Waals surface area (Å²) in [5.41, 5.74) is 0. The van der Waals surface area contributed by atoms with Crippen LogP contribution in [0.25, 0.3) is 11.7 Å². The van der Waals surface area contributed by atoms with Gasteiger partial charge in [0.05, 0.1) is 14.1 Å². The minimum atomic E-state index is -0.412. The zero-order chi connectivity index (χ0) is 7.44. The van der Waals surface area contributed by atoms with Crippen LogP contribution in [-0.2, 0) is 4.74 Å². The molecule has 0 saturated carbocycles. The third kappa shape index (κ3) is 2.73. The summed E-state index contributed by atoms with van der Waals surface area (Å²) in [7, 11) is 4.76. The van der Waals surface area contributed by atoms with Gasteiger partial charge in [0.2, 0.25) is 0 Å². The molecule has 0 bridgehead atoms. The van der Waals surface area contributed by atoms with E-state index in [1.165, 1.54) is 7.11 Å². The summed E-state index contributed by atoms with van der Waals surface area (Å²) in [6.07, 6.45) is -0.412. The Morgan fingerprint density at radius 2 is 1.56 bits per heavy atom. The Hall–Kier alpha value is -0.200. The van der Waals surface area contributed by atoms with Crippen LogP contribution in [0.5, 0.6) is 0 Å². The summed E-state index contributed by atoms with van der Waals surface area (Å²) in [4.78, 5) is 0. The normalized spacial score (nSPS) is 21.0. The Kier molecular flexibility index (Phi) is 3.67. The lowest BCUT2D eigenvalue weighted by atomic mass is 10.8. The maximum atomic E-state index is 7.12. The van der Waals surface area contributed by atoms with E-state index in [2.05, 4.69) is 0 Å². The molecule has 5 nitrogen and oxygen atoms in total. The maximum Gasteiger partial charge on any atom is 0.310 e. The summed E-state index contributed by atoms with van der Waals surface area (Å²) in [5, 5.41) is 0.759. The molecule has 0 aliphatic carbocycles. The molecular weight excluding hydrogens is 120 g/mol. The van der Waals surface area contributed by atoms with Gasteiger partial charge in [0.25, 0.3) is 0 Å². The molecule has 0 spiro atoms. The van der Waals surface area contributed by atoms with Crippen LogP contribution >= 0.6 is 0 Å². The van der Waals surface area contributed by atoms with Crippen molar-refractivity contribution in [2.24, 2.45) is 0 Å². The van der Waals surface area contributed by atoms with Gasteiger partial charge >= 0.3 is 6.35 Å². The molecule has 0 saturated heterocycles. The van der Waals surface area contributed by atoms with Gasteiger partial charge in [-0.2, -0.15) is 0 Å². The average Bonchev–Trinajstić information content (AvgIpc) is 1.64. The maximum absolute atomic E-state index is 7.12. The second kappa shape index (κ2) is 3.76. The molecule has 0 aromatic rings. The van der Waals surface area contributed by atoms with Gasteiger partial charge < -0.3 is 21.7 Å². The smallest absolute Gasteiger partial charge is 0.310 e. The monoisotopic (exact) mass is 134 g/mol. The first-order chi connectivity index (χ1) is 4.09. The topological polar surface area (TPSA) is 65.7 Å². The van der Waals surface area contributed by atoms with E-state index in [1.54, 1.807) is 14.1 Å². The van der Waals surface area contributed by atoms with E-state index in [1.807, 2.05) is 0 Å². The van der Waals surface area contributed by atoms with Crippen molar-refractivity contribution in [2.45, 2.75) is 6.35 Å². The van der Waals surface area contributed by atoms with Crippen molar-refractivity contribution >= 4 is 0 Å². The van der Waals surface area contributed by atoms with Crippen molar-refractivity contribution in [3.8, 4) is 0 Å². The van der Waals surface area contributed by atoms with Crippen molar-refractivity contribution in [1.29, 1.82) is 0 Å². The van der Waals surface area contributed by atoms with Crippen molar-refractivity contribution in [1.82, 2.24) is 0 Å². The second-order valence-corrected chi connectivity index (χ2v) is 1.98. The van der Waals surface area contributed by atoms with Gasteiger partial charge in [0, 0.05) is 7.11 Å². The predicted molar refractivity (Wildman–Crippen MR) is 33.2 cm³/mol. The van der Waals surface area contributed by atoms with E-state index in [9.17, 15) is 0 Å². The van der Waals surface area contributed by atoms with Gasteiger partial charge in [-0.05, 0) is 0 Å². The van der Waals surface area contributed by atoms with E-state index in [-0.39, 0.29) is 0 Å². The van der Waals surface area contributed by atoms with Gasteiger partial charge in [-0.15, -0.1) is 0 Å². The molecule has 0 aliphatic rings. The number of quaternary nitrogens is 2. The van der Waals surface area contributed by atoms with Crippen LogP contribution in [0, 0.1) is 0 Å². The molecule has 0 aromatic heterocycles. The summed E-state index contributed by atoms with van der Waals surface area (Å²) < 4.78 is 4.82. The molecule has 0 fully saturated rings. The molecule has 2 atom stereocenters. The zero-order valence-corrected chi connectivity index (χ0v) is 5.99. The second-order valence-electron chi connectivity index (χ2n) is 1.98. The molecule has 0 heterocycles. The van der Waals surface area contributed by atoms with Gasteiger partial charge in [-0.25, -0.2) is 0 Å². The molecule has 5 heteroatoms. The Bertz CT molecular complexity index is 67.0. The highest BCUT2D eigenvalue weighted by atomic mass is 16.5. The number of hydrogen-bond donors (Lipinski definition) is 2. The van der Waals surface area contributed by atoms with E-state index >= 15 is 0 Å². The van der Waals surface area contributed by atoms with Gasteiger partial charge in [0.15, 0.2) is 0 Å². The third-order valence-corrected chi connectivity index (χ3v) is 1.02. The number of rotatable bonds is 3. The fourth-order valence-electron chi connectivity index (χ4n) is 0.678. The van der Waals surface area contributed by atoms with Crippen molar-refractivity contribution in [2.75, 3.05) is 21.2 Å². The van der Waals surface area contributed by atoms with Crippen LogP contribution in [0.2, 0.25) is 0 Å². The Morgan fingerprint density at radius 1 is 1.22 bits per heavy atom. The minimum absolute atomic E-state index is 0.380. The van der Waals surface area contributed by atoms with E-state index in [0.717, 1.165) is 0 Å². The first-order valence-electron chi connectivity index (χ1n) is 2.72. The number of ether oxygens (including phenoxy) is 1. The first kappa shape index (κ1) is 8.80. The minimum Gasteiger partial charge on any atom is -0.463 e. The first-order valence-corrected chi connectivity index (χ1v) is 2.72. The fraction of sp³-hybridized carbons (Fsp3) is 1.00. The summed E-state index contributed by atoms with van der Waals surface area (Å²) in [6.45, 7) is 0. The lowest BCUT2D eigenvalue weighted by Crippen LogP contribution is -3.28. The summed E-state index contributed by atoms with van der Waals surface area (Å²) in [6, 6.07) is 0. The number of hydrogen-bond acceptors (Lipinski definition) is 1. The molecule has 9 heavy (non-hydrogen) atoms. The SMILES string of the molecule is COC([NH+](C)[NH-])[NH+](C)[NH-]. The zero-order valence-electron chi connectivity index (χ0n) is 5.99. The van der Waals surface area contributed by atoms with Crippen LogP contribution in [0.4, 0.5) is 0 Å². The molecule has 0 aromatic carbocycles. The van der Waals surface area contributed by atoms with Gasteiger partial charge in [-0.3, -0.25) is 4.74 Å². The number of methoxy groups -OCH3 is 1. The van der Waals surface area contributed by atoms with Crippen LogP contribution in [0.3, 0.4) is 0 Å². The quantitative estimate of drug-likeness (QED) is 0.336. The molecule has 0 radical (unpaired) electrons. The highest BCUT2D eigenvalue weighted by Crippen LogP contribution is 1.60. The van der Waals surface area contributed by atoms with E-state index in [4.69, 9.17) is 16.4 Å². The van der Waals surface area contributed by atoms with Crippen LogP contribution in [0.1, 0.15) is 0 Å².